The van der Waals surface area contributed by atoms with Crippen molar-refractivity contribution in [3.8, 4) is 5.75 Å². The maximum absolute atomic E-state index is 14.1. The van der Waals surface area contributed by atoms with Gasteiger partial charge in [-0.2, -0.15) is 8.78 Å². The number of alkyl halides is 2. The van der Waals surface area contributed by atoms with Gasteiger partial charge in [0.15, 0.2) is 17.4 Å². The van der Waals surface area contributed by atoms with E-state index in [1.54, 1.807) is 18.1 Å². The molecule has 0 spiro atoms. The van der Waals surface area contributed by atoms with Crippen LogP contribution >= 0.6 is 0 Å². The molecule has 1 aliphatic heterocycles. The van der Waals surface area contributed by atoms with Gasteiger partial charge in [0.1, 0.15) is 0 Å². The third-order valence-electron chi connectivity index (χ3n) is 8.20. The molecule has 0 bridgehead atoms. The molecule has 1 aromatic rings. The van der Waals surface area contributed by atoms with E-state index >= 15 is 0 Å². The molecule has 188 valence electrons. The SMILES string of the molecule is CCCCC[SiH]1CCC(CCCC[C@H]2CC[C@H](c3cc(F)c(OC(F)F)c(F)c3)CC2)CC1. The first-order valence-electron chi connectivity index (χ1n) is 13.4. The van der Waals surface area contributed by atoms with Crippen LogP contribution < -0.4 is 4.74 Å². The van der Waals surface area contributed by atoms with E-state index in [4.69, 9.17) is 0 Å². The molecule has 6 heteroatoms. The second-order valence-electron chi connectivity index (χ2n) is 10.6. The summed E-state index contributed by atoms with van der Waals surface area (Å²) in [6.07, 6.45) is 16.5. The molecule has 0 aromatic heterocycles. The second-order valence-corrected chi connectivity index (χ2v) is 14.0. The van der Waals surface area contributed by atoms with Crippen molar-refractivity contribution in [1.82, 2.24) is 0 Å². The van der Waals surface area contributed by atoms with Gasteiger partial charge in [0, 0.05) is 8.80 Å². The van der Waals surface area contributed by atoms with Gasteiger partial charge in [-0.15, -0.1) is 0 Å². The van der Waals surface area contributed by atoms with E-state index in [9.17, 15) is 17.6 Å². The van der Waals surface area contributed by atoms with Gasteiger partial charge >= 0.3 is 6.61 Å². The minimum atomic E-state index is -3.23. The molecule has 1 heterocycles. The Bertz CT molecular complexity index is 674. The van der Waals surface area contributed by atoms with Crippen LogP contribution in [0.5, 0.6) is 5.75 Å². The Morgan fingerprint density at radius 3 is 1.97 bits per heavy atom. The van der Waals surface area contributed by atoms with Crippen LogP contribution in [0, 0.1) is 23.5 Å². The first kappa shape index (κ1) is 26.6. The van der Waals surface area contributed by atoms with Crippen LogP contribution in [0.3, 0.4) is 0 Å². The van der Waals surface area contributed by atoms with Crippen LogP contribution in [0.1, 0.15) is 102 Å². The van der Waals surface area contributed by atoms with Crippen LogP contribution in [-0.2, 0) is 0 Å². The molecule has 0 radical (unpaired) electrons. The van der Waals surface area contributed by atoms with E-state index in [0.29, 0.717) is 11.5 Å². The highest BCUT2D eigenvalue weighted by Crippen LogP contribution is 2.40. The number of ether oxygens (including phenoxy) is 1. The predicted molar refractivity (Wildman–Crippen MR) is 130 cm³/mol. The lowest BCUT2D eigenvalue weighted by Crippen LogP contribution is -2.21. The van der Waals surface area contributed by atoms with Gasteiger partial charge in [-0.3, -0.25) is 0 Å². The predicted octanol–water partition coefficient (Wildman–Crippen LogP) is 9.23. The Morgan fingerprint density at radius 1 is 0.848 bits per heavy atom. The Balaban J connectivity index is 1.31. The van der Waals surface area contributed by atoms with Gasteiger partial charge in [0.2, 0.25) is 0 Å². The summed E-state index contributed by atoms with van der Waals surface area (Å²) in [5, 5.41) is 0. The Labute approximate surface area is 199 Å². The molecular weight excluding hydrogens is 444 g/mol. The molecule has 33 heavy (non-hydrogen) atoms. The van der Waals surface area contributed by atoms with Crippen molar-refractivity contribution in [3.05, 3.63) is 29.3 Å². The first-order valence-corrected chi connectivity index (χ1v) is 15.8. The summed E-state index contributed by atoms with van der Waals surface area (Å²) in [4.78, 5) is 0. The van der Waals surface area contributed by atoms with Crippen molar-refractivity contribution in [2.24, 2.45) is 11.8 Å². The first-order chi connectivity index (χ1) is 16.0. The average molecular weight is 487 g/mol. The van der Waals surface area contributed by atoms with Gasteiger partial charge in [0.05, 0.1) is 0 Å². The van der Waals surface area contributed by atoms with Crippen LogP contribution in [-0.4, -0.2) is 15.4 Å². The van der Waals surface area contributed by atoms with E-state index in [2.05, 4.69) is 11.7 Å². The summed E-state index contributed by atoms with van der Waals surface area (Å²) >= 11 is 0. The van der Waals surface area contributed by atoms with Crippen molar-refractivity contribution >= 4 is 8.80 Å². The highest BCUT2D eigenvalue weighted by molar-refractivity contribution is 6.58. The molecule has 2 fully saturated rings. The molecular formula is C27H42F4OSi. The topological polar surface area (TPSA) is 9.23 Å². The Hall–Kier alpha value is -1.04. The van der Waals surface area contributed by atoms with Gasteiger partial charge in [-0.25, -0.2) is 8.78 Å². The highest BCUT2D eigenvalue weighted by Gasteiger charge is 2.26. The Kier molecular flexibility index (Phi) is 11.1. The number of halogens is 4. The summed E-state index contributed by atoms with van der Waals surface area (Å²) in [5.74, 6) is -1.27. The molecule has 1 saturated carbocycles. The van der Waals surface area contributed by atoms with Gasteiger partial charge < -0.3 is 4.74 Å². The van der Waals surface area contributed by atoms with E-state index in [0.717, 1.165) is 31.6 Å². The highest BCUT2D eigenvalue weighted by atomic mass is 28.3. The molecule has 3 rings (SSSR count). The van der Waals surface area contributed by atoms with Crippen molar-refractivity contribution in [2.75, 3.05) is 0 Å². The minimum absolute atomic E-state index is 0.0996. The second kappa shape index (κ2) is 13.7. The normalized spacial score (nSPS) is 26.0. The Morgan fingerprint density at radius 2 is 1.42 bits per heavy atom. The summed E-state index contributed by atoms with van der Waals surface area (Å²) in [6, 6.07) is 7.08. The van der Waals surface area contributed by atoms with Crippen LogP contribution in [0.15, 0.2) is 12.1 Å². The van der Waals surface area contributed by atoms with Gasteiger partial charge in [-0.05, 0) is 61.1 Å². The summed E-state index contributed by atoms with van der Waals surface area (Å²) in [6.45, 7) is -0.940. The molecule has 2 aliphatic rings. The number of benzene rings is 1. The monoisotopic (exact) mass is 486 g/mol. The quantitative estimate of drug-likeness (QED) is 0.162. The van der Waals surface area contributed by atoms with Crippen molar-refractivity contribution in [1.29, 1.82) is 0 Å². The van der Waals surface area contributed by atoms with Gasteiger partial charge in [0.25, 0.3) is 0 Å². The van der Waals surface area contributed by atoms with Crippen molar-refractivity contribution in [2.45, 2.75) is 121 Å². The third-order valence-corrected chi connectivity index (χ3v) is 11.7. The van der Waals surface area contributed by atoms with E-state index < -0.39 is 32.8 Å². The number of hydrogen-bond donors (Lipinski definition) is 0. The zero-order valence-electron chi connectivity index (χ0n) is 20.3. The smallest absolute Gasteiger partial charge is 0.387 e. The third kappa shape index (κ3) is 8.59. The van der Waals surface area contributed by atoms with Crippen molar-refractivity contribution in [3.63, 3.8) is 0 Å². The molecule has 1 aliphatic carbocycles. The average Bonchev–Trinajstić information content (AvgIpc) is 2.80. The van der Waals surface area contributed by atoms with Gasteiger partial charge in [-0.1, -0.05) is 82.8 Å². The van der Waals surface area contributed by atoms with Crippen molar-refractivity contribution < 1.29 is 22.3 Å². The number of rotatable bonds is 12. The standard InChI is InChI=1S/C27H42F4OSi/c1-2-3-6-15-33-16-13-21(14-17-33)8-5-4-7-20-9-11-22(12-10-20)23-18-24(28)26(25(29)19-23)32-27(30)31/h18-22,27,33H,2-17H2,1H3/t20-,21?,22-,33?. The maximum atomic E-state index is 14.1. The zero-order chi connectivity index (χ0) is 23.6. The minimum Gasteiger partial charge on any atom is -0.429 e. The lowest BCUT2D eigenvalue weighted by molar-refractivity contribution is -0.0546. The lowest BCUT2D eigenvalue weighted by Gasteiger charge is -2.30. The summed E-state index contributed by atoms with van der Waals surface area (Å²) < 4.78 is 56.7. The van der Waals surface area contributed by atoms with E-state index in [1.807, 2.05) is 0 Å². The molecule has 1 saturated heterocycles. The fourth-order valence-electron chi connectivity index (χ4n) is 6.16. The molecule has 1 nitrogen and oxygen atoms in total. The van der Waals surface area contributed by atoms with Crippen LogP contribution in [0.2, 0.25) is 18.1 Å². The summed E-state index contributed by atoms with van der Waals surface area (Å²) in [5.41, 5.74) is 0.568. The molecule has 0 atom stereocenters. The number of hydrogen-bond acceptors (Lipinski definition) is 1. The number of unbranched alkanes of at least 4 members (excludes halogenated alkanes) is 3. The fourth-order valence-corrected chi connectivity index (χ4v) is 9.78. The zero-order valence-corrected chi connectivity index (χ0v) is 21.4. The van der Waals surface area contributed by atoms with E-state index in [1.165, 1.54) is 69.9 Å². The molecule has 0 amide bonds. The fraction of sp³-hybridized carbons (Fsp3) is 0.778. The largest absolute Gasteiger partial charge is 0.429 e. The van der Waals surface area contributed by atoms with E-state index in [-0.39, 0.29) is 5.92 Å². The maximum Gasteiger partial charge on any atom is 0.387 e. The lowest BCUT2D eigenvalue weighted by atomic mass is 9.77. The molecule has 0 unspecified atom stereocenters. The van der Waals surface area contributed by atoms with Crippen LogP contribution in [0.4, 0.5) is 17.6 Å². The summed E-state index contributed by atoms with van der Waals surface area (Å²) in [7, 11) is -0.396. The molecule has 0 N–H and O–H groups in total. The molecule has 1 aromatic carbocycles. The van der Waals surface area contributed by atoms with Crippen LogP contribution in [0.25, 0.3) is 0 Å².